The highest BCUT2D eigenvalue weighted by Gasteiger charge is 2.20. The van der Waals surface area contributed by atoms with Gasteiger partial charge in [-0.1, -0.05) is 0 Å². The Kier molecular flexibility index (Phi) is 4.69. The summed E-state index contributed by atoms with van der Waals surface area (Å²) in [7, 11) is 1.76. The molecule has 0 heterocycles. The maximum Gasteiger partial charge on any atom is 0.293 e. The number of nitro groups is 1. The van der Waals surface area contributed by atoms with Crippen LogP contribution in [0.25, 0.3) is 0 Å². The molecule has 0 radical (unpaired) electrons. The predicted octanol–water partition coefficient (Wildman–Crippen LogP) is 2.94. The highest BCUT2D eigenvalue weighted by molar-refractivity contribution is 14.1. The molecule has 0 N–H and O–H groups in total. The number of nitro benzene ring substituents is 1. The van der Waals surface area contributed by atoms with Crippen LogP contribution in [-0.2, 0) is 0 Å². The maximum absolute atomic E-state index is 11.0. The fourth-order valence-electron chi connectivity index (χ4n) is 1.45. The summed E-state index contributed by atoms with van der Waals surface area (Å²) >= 11 is 2.04. The van der Waals surface area contributed by atoms with Crippen LogP contribution in [0.1, 0.15) is 13.3 Å². The molecular formula is C11H12IN3O2. The van der Waals surface area contributed by atoms with Crippen LogP contribution in [-0.4, -0.2) is 18.0 Å². The lowest BCUT2D eigenvalue weighted by molar-refractivity contribution is -0.384. The molecule has 5 nitrogen and oxygen atoms in total. The molecule has 1 aromatic carbocycles. The van der Waals surface area contributed by atoms with Gasteiger partial charge in [-0.25, -0.2) is 0 Å². The summed E-state index contributed by atoms with van der Waals surface area (Å²) in [6.07, 6.45) is 0.333. The molecule has 0 aliphatic heterocycles. The zero-order chi connectivity index (χ0) is 13.0. The van der Waals surface area contributed by atoms with Gasteiger partial charge in [-0.3, -0.25) is 10.1 Å². The maximum atomic E-state index is 11.0. The Labute approximate surface area is 113 Å². The van der Waals surface area contributed by atoms with E-state index < -0.39 is 4.92 Å². The van der Waals surface area contributed by atoms with Crippen molar-refractivity contribution in [1.82, 2.24) is 0 Å². The number of rotatable bonds is 4. The lowest BCUT2D eigenvalue weighted by atomic mass is 10.2. The molecule has 1 unspecified atom stereocenters. The summed E-state index contributed by atoms with van der Waals surface area (Å²) in [6.45, 7) is 1.87. The molecule has 1 atom stereocenters. The van der Waals surface area contributed by atoms with Crippen molar-refractivity contribution in [2.75, 3.05) is 11.9 Å². The number of halogens is 1. The van der Waals surface area contributed by atoms with Crippen LogP contribution in [0.2, 0.25) is 0 Å². The van der Waals surface area contributed by atoms with Gasteiger partial charge in [0.05, 0.1) is 17.4 Å². The summed E-state index contributed by atoms with van der Waals surface area (Å²) in [5, 5.41) is 19.6. The van der Waals surface area contributed by atoms with Crippen molar-refractivity contribution >= 4 is 34.0 Å². The highest BCUT2D eigenvalue weighted by Crippen LogP contribution is 2.30. The Bertz CT molecular complexity index is 470. The molecule has 0 aliphatic carbocycles. The molecule has 6 heteroatoms. The van der Waals surface area contributed by atoms with Gasteiger partial charge in [-0.15, -0.1) is 0 Å². The lowest BCUT2D eigenvalue weighted by Gasteiger charge is -2.24. The fraction of sp³-hybridized carbons (Fsp3) is 0.364. The molecule has 0 aromatic heterocycles. The van der Waals surface area contributed by atoms with Gasteiger partial charge in [-0.2, -0.15) is 5.26 Å². The van der Waals surface area contributed by atoms with Gasteiger partial charge in [0.1, 0.15) is 5.69 Å². The largest absolute Gasteiger partial charge is 0.365 e. The van der Waals surface area contributed by atoms with E-state index in [0.29, 0.717) is 12.1 Å². The molecule has 90 valence electrons. The van der Waals surface area contributed by atoms with E-state index in [1.54, 1.807) is 18.0 Å². The number of hydrogen-bond acceptors (Lipinski definition) is 4. The Morgan fingerprint density at radius 2 is 2.29 bits per heavy atom. The zero-order valence-electron chi connectivity index (χ0n) is 9.55. The third-order valence-electron chi connectivity index (χ3n) is 2.56. The van der Waals surface area contributed by atoms with Gasteiger partial charge in [0, 0.05) is 22.7 Å². The summed E-state index contributed by atoms with van der Waals surface area (Å²) in [6, 6.07) is 7.08. The second kappa shape index (κ2) is 5.82. The van der Waals surface area contributed by atoms with Crippen LogP contribution in [0.15, 0.2) is 18.2 Å². The van der Waals surface area contributed by atoms with Crippen molar-refractivity contribution in [2.24, 2.45) is 0 Å². The molecule has 0 saturated carbocycles. The Morgan fingerprint density at radius 1 is 1.65 bits per heavy atom. The third-order valence-corrected chi connectivity index (χ3v) is 3.23. The van der Waals surface area contributed by atoms with E-state index in [-0.39, 0.29) is 11.7 Å². The van der Waals surface area contributed by atoms with Gasteiger partial charge in [0.15, 0.2) is 0 Å². The highest BCUT2D eigenvalue weighted by atomic mass is 127. The van der Waals surface area contributed by atoms with Crippen LogP contribution >= 0.6 is 22.6 Å². The van der Waals surface area contributed by atoms with E-state index in [9.17, 15) is 10.1 Å². The number of nitrogens with zero attached hydrogens (tertiary/aromatic N) is 3. The van der Waals surface area contributed by atoms with Gasteiger partial charge < -0.3 is 4.90 Å². The molecule has 1 aromatic rings. The minimum Gasteiger partial charge on any atom is -0.365 e. The van der Waals surface area contributed by atoms with Crippen molar-refractivity contribution < 1.29 is 4.92 Å². The first-order valence-corrected chi connectivity index (χ1v) is 6.09. The molecule has 17 heavy (non-hydrogen) atoms. The average Bonchev–Trinajstić information content (AvgIpc) is 2.28. The van der Waals surface area contributed by atoms with E-state index in [1.165, 1.54) is 6.07 Å². The SMILES string of the molecule is CC(CC#N)N(C)c1ccc(I)cc1[N+](=O)[O-]. The van der Waals surface area contributed by atoms with E-state index in [0.717, 1.165) is 3.57 Å². The number of hydrogen-bond donors (Lipinski definition) is 0. The van der Waals surface area contributed by atoms with E-state index >= 15 is 0 Å². The number of anilines is 1. The molecule has 1 rings (SSSR count). The fourth-order valence-corrected chi connectivity index (χ4v) is 1.92. The summed E-state index contributed by atoms with van der Waals surface area (Å²) in [5.74, 6) is 0. The molecule has 0 saturated heterocycles. The second-order valence-corrected chi connectivity index (χ2v) is 4.96. The molecule has 0 amide bonds. The normalized spacial score (nSPS) is 11.6. The van der Waals surface area contributed by atoms with Gasteiger partial charge >= 0.3 is 0 Å². The first-order chi connectivity index (χ1) is 7.97. The molecule has 0 bridgehead atoms. The van der Waals surface area contributed by atoms with Crippen molar-refractivity contribution in [1.29, 1.82) is 5.26 Å². The van der Waals surface area contributed by atoms with E-state index in [4.69, 9.17) is 5.26 Å². The predicted molar refractivity (Wildman–Crippen MR) is 73.9 cm³/mol. The van der Waals surface area contributed by atoms with Crippen LogP contribution < -0.4 is 4.90 Å². The van der Waals surface area contributed by atoms with Crippen LogP contribution in [0.3, 0.4) is 0 Å². The topological polar surface area (TPSA) is 70.2 Å². The molecular weight excluding hydrogens is 333 g/mol. The Morgan fingerprint density at radius 3 is 2.82 bits per heavy atom. The second-order valence-electron chi connectivity index (χ2n) is 3.71. The molecule has 0 aliphatic rings. The summed E-state index contributed by atoms with van der Waals surface area (Å²) in [4.78, 5) is 12.3. The number of benzene rings is 1. The third kappa shape index (κ3) is 3.30. The van der Waals surface area contributed by atoms with Crippen molar-refractivity contribution in [3.8, 4) is 6.07 Å². The van der Waals surface area contributed by atoms with Gasteiger partial charge in [0.2, 0.25) is 0 Å². The smallest absolute Gasteiger partial charge is 0.293 e. The van der Waals surface area contributed by atoms with E-state index in [1.807, 2.05) is 35.6 Å². The molecule has 0 fully saturated rings. The summed E-state index contributed by atoms with van der Waals surface area (Å²) < 4.78 is 0.819. The quantitative estimate of drug-likeness (QED) is 0.478. The Hall–Kier alpha value is -1.36. The lowest BCUT2D eigenvalue weighted by Crippen LogP contribution is -2.28. The van der Waals surface area contributed by atoms with Gasteiger partial charge in [0.25, 0.3) is 5.69 Å². The van der Waals surface area contributed by atoms with Crippen molar-refractivity contribution in [3.63, 3.8) is 0 Å². The van der Waals surface area contributed by atoms with Gasteiger partial charge in [-0.05, 0) is 41.6 Å². The standard InChI is InChI=1S/C11H12IN3O2/c1-8(5-6-13)14(2)10-4-3-9(12)7-11(10)15(16)17/h3-4,7-8H,5H2,1-2H3. The summed E-state index contributed by atoms with van der Waals surface area (Å²) in [5.41, 5.74) is 0.613. The first kappa shape index (κ1) is 13.7. The van der Waals surface area contributed by atoms with Crippen LogP contribution in [0.5, 0.6) is 0 Å². The Balaban J connectivity index is 3.13. The van der Waals surface area contributed by atoms with Crippen LogP contribution in [0.4, 0.5) is 11.4 Å². The van der Waals surface area contributed by atoms with Crippen LogP contribution in [0, 0.1) is 25.0 Å². The minimum atomic E-state index is -0.396. The minimum absolute atomic E-state index is 0.0567. The first-order valence-electron chi connectivity index (χ1n) is 5.01. The number of nitriles is 1. The average molecular weight is 345 g/mol. The van der Waals surface area contributed by atoms with Crippen molar-refractivity contribution in [2.45, 2.75) is 19.4 Å². The zero-order valence-corrected chi connectivity index (χ0v) is 11.7. The van der Waals surface area contributed by atoms with Crippen molar-refractivity contribution in [3.05, 3.63) is 31.9 Å². The molecule has 0 spiro atoms. The van der Waals surface area contributed by atoms with E-state index in [2.05, 4.69) is 6.07 Å². The monoisotopic (exact) mass is 345 g/mol.